The zero-order chi connectivity index (χ0) is 25.7. The van der Waals surface area contributed by atoms with Crippen LogP contribution in [0.4, 0.5) is 15.8 Å². The summed E-state index contributed by atoms with van der Waals surface area (Å²) in [5.74, 6) is -0.0240. The number of nitrogens with one attached hydrogen (secondary N) is 1. The van der Waals surface area contributed by atoms with Gasteiger partial charge in [0.2, 0.25) is 5.88 Å². The molecule has 3 aromatic heterocycles. The minimum Gasteiger partial charge on any atom is -0.474 e. The van der Waals surface area contributed by atoms with Crippen LogP contribution in [0.3, 0.4) is 0 Å². The number of pyridine rings is 3. The minimum atomic E-state index is -1.59. The highest BCUT2D eigenvalue weighted by atomic mass is 19.1. The van der Waals surface area contributed by atoms with Gasteiger partial charge in [-0.15, -0.1) is 0 Å². The first kappa shape index (κ1) is 25.5. The van der Waals surface area contributed by atoms with Gasteiger partial charge in [-0.2, -0.15) is 0 Å². The average Bonchev–Trinajstić information content (AvgIpc) is 2.88. The van der Waals surface area contributed by atoms with Gasteiger partial charge >= 0.3 is 0 Å². The van der Waals surface area contributed by atoms with Crippen molar-refractivity contribution in [3.63, 3.8) is 0 Å². The first-order valence-corrected chi connectivity index (χ1v) is 11.8. The molecule has 4 rings (SSSR count). The highest BCUT2D eigenvalue weighted by Crippen LogP contribution is 2.34. The number of anilines is 2. The summed E-state index contributed by atoms with van der Waals surface area (Å²) >= 11 is 0. The standard InChI is InChI=1S/C26H30FN5O4/c1-17-21(18-12-23(32-6-9-35-10-7-32)25(30-15-18)36-11-8-33)14-20(16-29-17)31-24(34)22-13-19(4-5-28-22)26(2,3)27/h4-5,12-16,33H,6-11H2,1-3H3,(H,31,34). The van der Waals surface area contributed by atoms with E-state index in [1.807, 2.05) is 19.1 Å². The smallest absolute Gasteiger partial charge is 0.274 e. The van der Waals surface area contributed by atoms with Crippen molar-refractivity contribution >= 4 is 17.3 Å². The lowest BCUT2D eigenvalue weighted by atomic mass is 10.0. The number of halogens is 1. The molecule has 36 heavy (non-hydrogen) atoms. The van der Waals surface area contributed by atoms with Crippen LogP contribution in [-0.4, -0.2) is 65.5 Å². The summed E-state index contributed by atoms with van der Waals surface area (Å²) in [6.45, 7) is 7.34. The van der Waals surface area contributed by atoms with E-state index in [1.54, 1.807) is 18.5 Å². The summed E-state index contributed by atoms with van der Waals surface area (Å²) in [5, 5.41) is 12.0. The number of alkyl halides is 1. The van der Waals surface area contributed by atoms with E-state index in [1.165, 1.54) is 26.1 Å². The lowest BCUT2D eigenvalue weighted by molar-refractivity contribution is 0.102. The number of carbonyl (C=O) groups is 1. The van der Waals surface area contributed by atoms with E-state index < -0.39 is 11.6 Å². The molecule has 1 saturated heterocycles. The molecular weight excluding hydrogens is 465 g/mol. The monoisotopic (exact) mass is 495 g/mol. The Bertz CT molecular complexity index is 1230. The van der Waals surface area contributed by atoms with Crippen LogP contribution in [0.1, 0.15) is 35.6 Å². The SMILES string of the molecule is Cc1ncc(NC(=O)c2cc(C(C)(C)F)ccn2)cc1-c1cnc(OCCO)c(N2CCOCC2)c1. The Morgan fingerprint density at radius 3 is 2.69 bits per heavy atom. The summed E-state index contributed by atoms with van der Waals surface area (Å²) in [7, 11) is 0. The van der Waals surface area contributed by atoms with E-state index in [0.717, 1.165) is 22.5 Å². The number of aromatic nitrogens is 3. The molecular formula is C26H30FN5O4. The molecule has 0 atom stereocenters. The Balaban J connectivity index is 1.62. The van der Waals surface area contributed by atoms with Crippen molar-refractivity contribution in [3.05, 3.63) is 59.8 Å². The molecule has 4 heterocycles. The molecule has 0 radical (unpaired) electrons. The number of aryl methyl sites for hydroxylation is 1. The van der Waals surface area contributed by atoms with Gasteiger partial charge in [0.1, 0.15) is 23.7 Å². The number of rotatable bonds is 8. The normalized spacial score (nSPS) is 14.0. The van der Waals surface area contributed by atoms with Gasteiger partial charge < -0.3 is 24.8 Å². The van der Waals surface area contributed by atoms with E-state index in [2.05, 4.69) is 25.2 Å². The summed E-state index contributed by atoms with van der Waals surface area (Å²) in [5.41, 5.74) is 2.51. The number of ether oxygens (including phenoxy) is 2. The van der Waals surface area contributed by atoms with Crippen molar-refractivity contribution in [3.8, 4) is 17.0 Å². The molecule has 1 aliphatic heterocycles. The summed E-state index contributed by atoms with van der Waals surface area (Å²) in [4.78, 5) is 28.0. The fourth-order valence-electron chi connectivity index (χ4n) is 3.89. The fraction of sp³-hybridized carbons (Fsp3) is 0.385. The van der Waals surface area contributed by atoms with E-state index in [-0.39, 0.29) is 18.9 Å². The van der Waals surface area contributed by atoms with Crippen molar-refractivity contribution in [1.82, 2.24) is 15.0 Å². The predicted octanol–water partition coefficient (Wildman–Crippen LogP) is 3.51. The number of hydrogen-bond donors (Lipinski definition) is 2. The van der Waals surface area contributed by atoms with Crippen LogP contribution in [0.15, 0.2) is 42.9 Å². The molecule has 0 saturated carbocycles. The maximum atomic E-state index is 14.3. The van der Waals surface area contributed by atoms with Crippen molar-refractivity contribution < 1.29 is 23.8 Å². The number of carbonyl (C=O) groups excluding carboxylic acids is 1. The van der Waals surface area contributed by atoms with Crippen LogP contribution in [0.5, 0.6) is 5.88 Å². The molecule has 1 amide bonds. The summed E-state index contributed by atoms with van der Waals surface area (Å²) in [6, 6.07) is 6.78. The third kappa shape index (κ3) is 5.95. The molecule has 0 aromatic carbocycles. The average molecular weight is 496 g/mol. The molecule has 1 fully saturated rings. The van der Waals surface area contributed by atoms with Gasteiger partial charge in [0.25, 0.3) is 5.91 Å². The lowest BCUT2D eigenvalue weighted by Crippen LogP contribution is -2.36. The van der Waals surface area contributed by atoms with Gasteiger partial charge in [-0.05, 0) is 50.6 Å². The fourth-order valence-corrected chi connectivity index (χ4v) is 3.89. The molecule has 0 aliphatic carbocycles. The second kappa shape index (κ2) is 11.0. The zero-order valence-electron chi connectivity index (χ0n) is 20.6. The highest BCUT2D eigenvalue weighted by molar-refractivity contribution is 6.03. The number of hydrogen-bond acceptors (Lipinski definition) is 8. The summed E-state index contributed by atoms with van der Waals surface area (Å²) < 4.78 is 25.5. The Kier molecular flexibility index (Phi) is 7.76. The van der Waals surface area contributed by atoms with Crippen LogP contribution in [0.2, 0.25) is 0 Å². The van der Waals surface area contributed by atoms with Crippen LogP contribution in [0, 0.1) is 6.92 Å². The molecule has 0 unspecified atom stereocenters. The Hall–Kier alpha value is -3.63. The van der Waals surface area contributed by atoms with Gasteiger partial charge in [-0.1, -0.05) is 0 Å². The molecule has 10 heteroatoms. The van der Waals surface area contributed by atoms with E-state index >= 15 is 0 Å². The molecule has 1 aliphatic rings. The Labute approximate surface area is 209 Å². The highest BCUT2D eigenvalue weighted by Gasteiger charge is 2.22. The van der Waals surface area contributed by atoms with Gasteiger partial charge in [0.15, 0.2) is 0 Å². The van der Waals surface area contributed by atoms with E-state index in [9.17, 15) is 14.3 Å². The molecule has 0 spiro atoms. The topological polar surface area (TPSA) is 110 Å². The second-order valence-corrected chi connectivity index (χ2v) is 8.93. The lowest BCUT2D eigenvalue weighted by Gasteiger charge is -2.30. The van der Waals surface area contributed by atoms with E-state index in [0.29, 0.717) is 43.4 Å². The maximum absolute atomic E-state index is 14.3. The largest absolute Gasteiger partial charge is 0.474 e. The van der Waals surface area contributed by atoms with Gasteiger partial charge in [-0.3, -0.25) is 14.8 Å². The van der Waals surface area contributed by atoms with Crippen LogP contribution in [0.25, 0.3) is 11.1 Å². The first-order valence-electron chi connectivity index (χ1n) is 11.8. The molecule has 3 aromatic rings. The quantitative estimate of drug-likeness (QED) is 0.489. The third-order valence-electron chi connectivity index (χ3n) is 5.85. The number of amides is 1. The Morgan fingerprint density at radius 2 is 1.97 bits per heavy atom. The maximum Gasteiger partial charge on any atom is 0.274 e. The number of morpholine rings is 1. The molecule has 9 nitrogen and oxygen atoms in total. The molecule has 2 N–H and O–H groups in total. The molecule has 0 bridgehead atoms. The van der Waals surface area contributed by atoms with E-state index in [4.69, 9.17) is 9.47 Å². The van der Waals surface area contributed by atoms with Crippen LogP contribution >= 0.6 is 0 Å². The summed E-state index contributed by atoms with van der Waals surface area (Å²) in [6.07, 6.45) is 4.67. The minimum absolute atomic E-state index is 0.113. The van der Waals surface area contributed by atoms with Crippen molar-refractivity contribution in [1.29, 1.82) is 0 Å². The van der Waals surface area contributed by atoms with Crippen molar-refractivity contribution in [2.24, 2.45) is 0 Å². The van der Waals surface area contributed by atoms with Crippen molar-refractivity contribution in [2.75, 3.05) is 49.7 Å². The van der Waals surface area contributed by atoms with Crippen LogP contribution in [-0.2, 0) is 10.4 Å². The number of aliphatic hydroxyl groups is 1. The van der Waals surface area contributed by atoms with Crippen LogP contribution < -0.4 is 15.0 Å². The number of nitrogens with zero attached hydrogens (tertiary/aromatic N) is 4. The van der Waals surface area contributed by atoms with Gasteiger partial charge in [0.05, 0.1) is 31.7 Å². The van der Waals surface area contributed by atoms with Crippen molar-refractivity contribution in [2.45, 2.75) is 26.4 Å². The predicted molar refractivity (Wildman–Crippen MR) is 134 cm³/mol. The molecule has 190 valence electrons. The van der Waals surface area contributed by atoms with Gasteiger partial charge in [0, 0.05) is 42.3 Å². The Morgan fingerprint density at radius 1 is 1.19 bits per heavy atom. The second-order valence-electron chi connectivity index (χ2n) is 8.93. The first-order chi connectivity index (χ1) is 17.3. The number of aliphatic hydroxyl groups excluding tert-OH is 1. The van der Waals surface area contributed by atoms with Gasteiger partial charge in [-0.25, -0.2) is 9.37 Å². The zero-order valence-corrected chi connectivity index (χ0v) is 20.6. The third-order valence-corrected chi connectivity index (χ3v) is 5.85.